The first kappa shape index (κ1) is 18.9. The van der Waals surface area contributed by atoms with Crippen molar-refractivity contribution in [2.24, 2.45) is 0 Å². The predicted molar refractivity (Wildman–Crippen MR) is 104 cm³/mol. The number of hydrogen-bond acceptors (Lipinski definition) is 5. The van der Waals surface area contributed by atoms with Gasteiger partial charge in [0.15, 0.2) is 0 Å². The van der Waals surface area contributed by atoms with Gasteiger partial charge in [0.2, 0.25) is 5.91 Å². The minimum atomic E-state index is 0.0128. The molecular formula is C20H33N5O2. The molecular weight excluding hydrogens is 342 g/mol. The van der Waals surface area contributed by atoms with Crippen molar-refractivity contribution in [1.29, 1.82) is 0 Å². The molecule has 3 saturated heterocycles. The Bertz CT molecular complexity index is 645. The maximum atomic E-state index is 12.6. The number of likely N-dealkylation sites (N-methyl/N-ethyl adjacent to an activating group) is 1. The summed E-state index contributed by atoms with van der Waals surface area (Å²) in [4.78, 5) is 23.7. The molecule has 3 aliphatic heterocycles. The lowest BCUT2D eigenvalue weighted by molar-refractivity contribution is -0.138. The Morgan fingerprint density at radius 1 is 1.19 bits per heavy atom. The number of nitrogens with zero attached hydrogens (tertiary/aromatic N) is 5. The summed E-state index contributed by atoms with van der Waals surface area (Å²) in [5.74, 6) is 1.08. The molecule has 1 unspecified atom stereocenters. The summed E-state index contributed by atoms with van der Waals surface area (Å²) < 4.78 is 8.49. The second kappa shape index (κ2) is 7.89. The third kappa shape index (κ3) is 4.36. The van der Waals surface area contributed by atoms with Crippen LogP contribution in [0.5, 0.6) is 0 Å². The number of rotatable bonds is 4. The van der Waals surface area contributed by atoms with Crippen LogP contribution in [0, 0.1) is 6.92 Å². The minimum absolute atomic E-state index is 0.0128. The summed E-state index contributed by atoms with van der Waals surface area (Å²) in [6.45, 7) is 9.64. The maximum Gasteiger partial charge on any atom is 0.242 e. The molecule has 0 N–H and O–H groups in total. The van der Waals surface area contributed by atoms with Crippen molar-refractivity contribution in [3.05, 3.63) is 18.2 Å². The van der Waals surface area contributed by atoms with Crippen molar-refractivity contribution >= 4 is 5.91 Å². The molecule has 1 aromatic heterocycles. The van der Waals surface area contributed by atoms with Crippen molar-refractivity contribution in [3.8, 4) is 0 Å². The molecule has 4 heterocycles. The van der Waals surface area contributed by atoms with Crippen LogP contribution in [-0.4, -0.2) is 94.7 Å². The van der Waals surface area contributed by atoms with Gasteiger partial charge in [0.05, 0.1) is 11.7 Å². The average Bonchev–Trinajstić information content (AvgIpc) is 3.24. The number of ether oxygens (including phenoxy) is 1. The molecule has 0 saturated carbocycles. The Hall–Kier alpha value is -1.44. The fourth-order valence-electron chi connectivity index (χ4n) is 4.69. The number of piperazine rings is 1. The van der Waals surface area contributed by atoms with Gasteiger partial charge >= 0.3 is 0 Å². The van der Waals surface area contributed by atoms with E-state index in [1.165, 1.54) is 0 Å². The number of aromatic nitrogens is 2. The predicted octanol–water partition coefficient (Wildman–Crippen LogP) is 0.979. The Balaban J connectivity index is 1.24. The van der Waals surface area contributed by atoms with Crippen molar-refractivity contribution in [2.75, 3.05) is 52.9 Å². The molecule has 1 aromatic rings. The molecule has 7 nitrogen and oxygen atoms in total. The van der Waals surface area contributed by atoms with Gasteiger partial charge in [-0.2, -0.15) is 0 Å². The molecule has 0 aromatic carbocycles. The van der Waals surface area contributed by atoms with E-state index in [9.17, 15) is 4.79 Å². The standard InChI is InChI=1S/C20H33N5O2/c1-17-21-7-10-25(17)16-19(26)24-8-5-20(6-9-24)4-3-18(27-20)15-23-13-11-22(2)12-14-23/h7,10,18H,3-6,8-9,11-16H2,1-2H3. The van der Waals surface area contributed by atoms with Crippen LogP contribution in [0.15, 0.2) is 12.4 Å². The highest BCUT2D eigenvalue weighted by Crippen LogP contribution is 2.39. The zero-order chi connectivity index (χ0) is 18.9. The summed E-state index contributed by atoms with van der Waals surface area (Å²) in [6.07, 6.45) is 8.25. The van der Waals surface area contributed by atoms with Crippen LogP contribution < -0.4 is 0 Å². The zero-order valence-corrected chi connectivity index (χ0v) is 16.8. The van der Waals surface area contributed by atoms with Crippen molar-refractivity contribution in [2.45, 2.75) is 50.9 Å². The van der Waals surface area contributed by atoms with Crippen molar-refractivity contribution < 1.29 is 9.53 Å². The van der Waals surface area contributed by atoms with Gasteiger partial charge in [0.25, 0.3) is 0 Å². The summed E-state index contributed by atoms with van der Waals surface area (Å²) in [6, 6.07) is 0. The molecule has 1 spiro atoms. The highest BCUT2D eigenvalue weighted by molar-refractivity contribution is 5.76. The number of hydrogen-bond donors (Lipinski definition) is 0. The van der Waals surface area contributed by atoms with E-state index in [0.717, 1.165) is 77.3 Å². The minimum Gasteiger partial charge on any atom is -0.370 e. The molecule has 0 aliphatic carbocycles. The lowest BCUT2D eigenvalue weighted by Crippen LogP contribution is -2.49. The highest BCUT2D eigenvalue weighted by atomic mass is 16.5. The Labute approximate surface area is 162 Å². The summed E-state index contributed by atoms with van der Waals surface area (Å²) in [5.41, 5.74) is 0.0128. The molecule has 3 fully saturated rings. The number of imidazole rings is 1. The fourth-order valence-corrected chi connectivity index (χ4v) is 4.69. The van der Waals surface area contributed by atoms with Crippen LogP contribution in [0.3, 0.4) is 0 Å². The van der Waals surface area contributed by atoms with Crippen LogP contribution in [-0.2, 0) is 16.1 Å². The van der Waals surface area contributed by atoms with E-state index in [0.29, 0.717) is 12.6 Å². The maximum absolute atomic E-state index is 12.6. The SMILES string of the molecule is Cc1nccn1CC(=O)N1CCC2(CCC(CN3CCN(C)CC3)O2)CC1. The Morgan fingerprint density at radius 3 is 2.59 bits per heavy atom. The summed E-state index contributed by atoms with van der Waals surface area (Å²) in [7, 11) is 2.20. The number of carbonyl (C=O) groups excluding carboxylic acids is 1. The van der Waals surface area contributed by atoms with Gasteiger partial charge in [-0.25, -0.2) is 4.98 Å². The quantitative estimate of drug-likeness (QED) is 0.785. The molecule has 27 heavy (non-hydrogen) atoms. The Kier molecular flexibility index (Phi) is 5.53. The van der Waals surface area contributed by atoms with E-state index in [4.69, 9.17) is 4.74 Å². The molecule has 0 bridgehead atoms. The van der Waals surface area contributed by atoms with Gasteiger partial charge in [-0.15, -0.1) is 0 Å². The third-order valence-corrected chi connectivity index (χ3v) is 6.65. The zero-order valence-electron chi connectivity index (χ0n) is 16.8. The first-order valence-corrected chi connectivity index (χ1v) is 10.4. The lowest BCUT2D eigenvalue weighted by Gasteiger charge is -2.40. The second-order valence-electron chi connectivity index (χ2n) is 8.55. The van der Waals surface area contributed by atoms with Crippen LogP contribution in [0.1, 0.15) is 31.5 Å². The molecule has 7 heteroatoms. The molecule has 0 radical (unpaired) electrons. The molecule has 4 rings (SSSR count). The van der Waals surface area contributed by atoms with Gasteiger partial charge in [-0.05, 0) is 39.7 Å². The van der Waals surface area contributed by atoms with E-state index in [-0.39, 0.29) is 11.5 Å². The number of likely N-dealkylation sites (tertiary alicyclic amines) is 1. The second-order valence-corrected chi connectivity index (χ2v) is 8.55. The lowest BCUT2D eigenvalue weighted by atomic mass is 9.88. The molecule has 150 valence electrons. The summed E-state index contributed by atoms with van der Waals surface area (Å²) >= 11 is 0. The first-order chi connectivity index (χ1) is 13.0. The smallest absolute Gasteiger partial charge is 0.242 e. The van der Waals surface area contributed by atoms with Gasteiger partial charge in [-0.1, -0.05) is 0 Å². The first-order valence-electron chi connectivity index (χ1n) is 10.4. The van der Waals surface area contributed by atoms with Gasteiger partial charge in [0.1, 0.15) is 12.4 Å². The largest absolute Gasteiger partial charge is 0.370 e. The number of aryl methyl sites for hydroxylation is 1. The van der Waals surface area contributed by atoms with Crippen LogP contribution in [0.2, 0.25) is 0 Å². The molecule has 3 aliphatic rings. The third-order valence-electron chi connectivity index (χ3n) is 6.65. The number of carbonyl (C=O) groups is 1. The summed E-state index contributed by atoms with van der Waals surface area (Å²) in [5, 5.41) is 0. The molecule has 1 amide bonds. The van der Waals surface area contributed by atoms with Crippen LogP contribution in [0.25, 0.3) is 0 Å². The highest BCUT2D eigenvalue weighted by Gasteiger charge is 2.43. The van der Waals surface area contributed by atoms with Crippen LogP contribution >= 0.6 is 0 Å². The van der Waals surface area contributed by atoms with E-state index >= 15 is 0 Å². The van der Waals surface area contributed by atoms with Crippen molar-refractivity contribution in [1.82, 2.24) is 24.3 Å². The average molecular weight is 376 g/mol. The van der Waals surface area contributed by atoms with E-state index < -0.39 is 0 Å². The van der Waals surface area contributed by atoms with Crippen molar-refractivity contribution in [3.63, 3.8) is 0 Å². The van der Waals surface area contributed by atoms with Crippen LogP contribution in [0.4, 0.5) is 0 Å². The number of amides is 1. The van der Waals surface area contributed by atoms with Gasteiger partial charge in [-0.3, -0.25) is 9.69 Å². The Morgan fingerprint density at radius 2 is 1.93 bits per heavy atom. The van der Waals surface area contributed by atoms with E-state index in [1.54, 1.807) is 6.20 Å². The van der Waals surface area contributed by atoms with Gasteiger partial charge in [0, 0.05) is 58.2 Å². The number of piperidine rings is 1. The topological polar surface area (TPSA) is 53.8 Å². The fraction of sp³-hybridized carbons (Fsp3) is 0.800. The normalized spacial score (nSPS) is 26.7. The van der Waals surface area contributed by atoms with Gasteiger partial charge < -0.3 is 19.1 Å². The van der Waals surface area contributed by atoms with E-state index in [1.807, 2.05) is 22.6 Å². The molecule has 1 atom stereocenters. The van der Waals surface area contributed by atoms with E-state index in [2.05, 4.69) is 21.8 Å². The monoisotopic (exact) mass is 375 g/mol.